The van der Waals surface area contributed by atoms with Crippen LogP contribution < -0.4 is 4.74 Å². The van der Waals surface area contributed by atoms with Crippen LogP contribution >= 0.6 is 15.9 Å². The molecule has 20 heavy (non-hydrogen) atoms. The number of benzene rings is 2. The molecule has 2 aromatic carbocycles. The van der Waals surface area contributed by atoms with Crippen LogP contribution in [0, 0.1) is 5.82 Å². The second-order valence-corrected chi connectivity index (χ2v) is 4.88. The maximum absolute atomic E-state index is 13.7. The highest BCUT2D eigenvalue weighted by Crippen LogP contribution is 2.25. The van der Waals surface area contributed by atoms with Crippen molar-refractivity contribution in [1.82, 2.24) is 0 Å². The van der Waals surface area contributed by atoms with Crippen molar-refractivity contribution in [2.24, 2.45) is 0 Å². The molecule has 104 valence electrons. The van der Waals surface area contributed by atoms with Crippen molar-refractivity contribution in [2.45, 2.75) is 6.61 Å². The van der Waals surface area contributed by atoms with Crippen LogP contribution in [-0.4, -0.2) is 13.1 Å². The normalized spacial score (nSPS) is 10.2. The first-order valence-corrected chi connectivity index (χ1v) is 6.65. The summed E-state index contributed by atoms with van der Waals surface area (Å²) in [6.45, 7) is 0.217. The Morgan fingerprint density at radius 1 is 1.20 bits per heavy atom. The van der Waals surface area contributed by atoms with E-state index in [1.54, 1.807) is 42.5 Å². The van der Waals surface area contributed by atoms with Gasteiger partial charge in [0.15, 0.2) is 11.6 Å². The summed E-state index contributed by atoms with van der Waals surface area (Å²) in [6.07, 6.45) is 0. The van der Waals surface area contributed by atoms with Crippen molar-refractivity contribution in [2.75, 3.05) is 7.11 Å². The number of methoxy groups -OCH3 is 1. The second-order valence-electron chi connectivity index (χ2n) is 4.03. The maximum atomic E-state index is 13.7. The standard InChI is InChI=1S/C15H12BrFO3/c1-19-15(18)11-7-5-10(6-8-11)9-20-13-4-2-3-12(16)14(13)17/h2-8H,9H2,1H3. The van der Waals surface area contributed by atoms with Crippen molar-refractivity contribution in [1.29, 1.82) is 0 Å². The fourth-order valence-corrected chi connectivity index (χ4v) is 1.96. The molecular formula is C15H12BrFO3. The van der Waals surface area contributed by atoms with E-state index < -0.39 is 11.8 Å². The van der Waals surface area contributed by atoms with Crippen LogP contribution in [0.25, 0.3) is 0 Å². The minimum Gasteiger partial charge on any atom is -0.486 e. The lowest BCUT2D eigenvalue weighted by Crippen LogP contribution is -2.02. The Kier molecular flexibility index (Phi) is 4.74. The lowest BCUT2D eigenvalue weighted by molar-refractivity contribution is 0.0600. The quantitative estimate of drug-likeness (QED) is 0.791. The minimum absolute atomic E-state index is 0.177. The Bertz CT molecular complexity index is 611. The van der Waals surface area contributed by atoms with E-state index in [1.165, 1.54) is 7.11 Å². The molecule has 0 N–H and O–H groups in total. The molecule has 0 saturated heterocycles. The molecule has 0 bridgehead atoms. The van der Waals surface area contributed by atoms with Crippen LogP contribution in [0.15, 0.2) is 46.9 Å². The zero-order chi connectivity index (χ0) is 14.5. The van der Waals surface area contributed by atoms with Gasteiger partial charge < -0.3 is 9.47 Å². The summed E-state index contributed by atoms with van der Waals surface area (Å²) >= 11 is 3.10. The van der Waals surface area contributed by atoms with Crippen LogP contribution in [0.3, 0.4) is 0 Å². The average Bonchev–Trinajstić information content (AvgIpc) is 2.48. The smallest absolute Gasteiger partial charge is 0.337 e. The van der Waals surface area contributed by atoms with Gasteiger partial charge in [-0.15, -0.1) is 0 Å². The summed E-state index contributed by atoms with van der Waals surface area (Å²) in [6, 6.07) is 11.6. The van der Waals surface area contributed by atoms with Gasteiger partial charge in [-0.2, -0.15) is 0 Å². The number of carbonyl (C=O) groups excluding carboxylic acids is 1. The summed E-state index contributed by atoms with van der Waals surface area (Å²) < 4.78 is 24.1. The van der Waals surface area contributed by atoms with Crippen molar-refractivity contribution >= 4 is 21.9 Å². The number of hydrogen-bond donors (Lipinski definition) is 0. The Hall–Kier alpha value is -1.88. The fourth-order valence-electron chi connectivity index (χ4n) is 1.61. The van der Waals surface area contributed by atoms with Gasteiger partial charge in [-0.3, -0.25) is 0 Å². The number of esters is 1. The molecule has 2 aromatic rings. The van der Waals surface area contributed by atoms with Gasteiger partial charge in [0.1, 0.15) is 6.61 Å². The Balaban J connectivity index is 2.04. The van der Waals surface area contributed by atoms with Gasteiger partial charge in [-0.05, 0) is 45.8 Å². The Morgan fingerprint density at radius 2 is 1.90 bits per heavy atom. The first-order valence-electron chi connectivity index (χ1n) is 5.86. The summed E-state index contributed by atoms with van der Waals surface area (Å²) in [7, 11) is 1.33. The van der Waals surface area contributed by atoms with E-state index in [-0.39, 0.29) is 12.4 Å². The molecule has 0 spiro atoms. The largest absolute Gasteiger partial charge is 0.486 e. The van der Waals surface area contributed by atoms with Gasteiger partial charge in [0, 0.05) is 0 Å². The van der Waals surface area contributed by atoms with E-state index >= 15 is 0 Å². The van der Waals surface area contributed by atoms with Crippen LogP contribution in [0.1, 0.15) is 15.9 Å². The van der Waals surface area contributed by atoms with Crippen LogP contribution in [-0.2, 0) is 11.3 Å². The molecule has 0 aliphatic rings. The number of halogens is 2. The third kappa shape index (κ3) is 3.36. The van der Waals surface area contributed by atoms with Gasteiger partial charge in [0.2, 0.25) is 0 Å². The van der Waals surface area contributed by atoms with Gasteiger partial charge in [-0.1, -0.05) is 18.2 Å². The molecule has 0 amide bonds. The van der Waals surface area contributed by atoms with Gasteiger partial charge in [-0.25, -0.2) is 9.18 Å². The summed E-state index contributed by atoms with van der Waals surface area (Å²) in [5.74, 6) is -0.648. The molecule has 0 heterocycles. The average molecular weight is 339 g/mol. The van der Waals surface area contributed by atoms with Crippen LogP contribution in [0.4, 0.5) is 4.39 Å². The lowest BCUT2D eigenvalue weighted by Gasteiger charge is -2.08. The Labute approximate surface area is 124 Å². The van der Waals surface area contributed by atoms with Gasteiger partial charge in [0.05, 0.1) is 17.1 Å². The molecule has 0 radical (unpaired) electrons. The highest BCUT2D eigenvalue weighted by molar-refractivity contribution is 9.10. The summed E-state index contributed by atoms with van der Waals surface area (Å²) in [5, 5.41) is 0. The van der Waals surface area contributed by atoms with Crippen LogP contribution in [0.2, 0.25) is 0 Å². The zero-order valence-corrected chi connectivity index (χ0v) is 12.3. The second kappa shape index (κ2) is 6.52. The molecule has 2 rings (SSSR count). The zero-order valence-electron chi connectivity index (χ0n) is 10.7. The van der Waals surface area contributed by atoms with E-state index in [0.717, 1.165) is 5.56 Å². The van der Waals surface area contributed by atoms with Crippen molar-refractivity contribution in [3.05, 3.63) is 63.9 Å². The van der Waals surface area contributed by atoms with E-state index in [9.17, 15) is 9.18 Å². The van der Waals surface area contributed by atoms with E-state index in [0.29, 0.717) is 10.0 Å². The monoisotopic (exact) mass is 338 g/mol. The van der Waals surface area contributed by atoms with Gasteiger partial charge in [0.25, 0.3) is 0 Å². The lowest BCUT2D eigenvalue weighted by atomic mass is 10.1. The van der Waals surface area contributed by atoms with Crippen molar-refractivity contribution < 1.29 is 18.7 Å². The third-order valence-electron chi connectivity index (χ3n) is 2.69. The molecule has 0 aliphatic heterocycles. The molecule has 5 heteroatoms. The topological polar surface area (TPSA) is 35.5 Å². The maximum Gasteiger partial charge on any atom is 0.337 e. The number of rotatable bonds is 4. The molecule has 0 aromatic heterocycles. The first-order chi connectivity index (χ1) is 9.61. The predicted molar refractivity (Wildman–Crippen MR) is 76.2 cm³/mol. The first kappa shape index (κ1) is 14.5. The molecule has 0 aliphatic carbocycles. The van der Waals surface area contributed by atoms with E-state index in [1.807, 2.05) is 0 Å². The predicted octanol–water partition coefficient (Wildman–Crippen LogP) is 3.95. The fraction of sp³-hybridized carbons (Fsp3) is 0.133. The molecule has 3 nitrogen and oxygen atoms in total. The van der Waals surface area contributed by atoms with E-state index in [4.69, 9.17) is 4.74 Å². The molecule has 0 saturated carbocycles. The van der Waals surface area contributed by atoms with Crippen molar-refractivity contribution in [3.63, 3.8) is 0 Å². The van der Waals surface area contributed by atoms with E-state index in [2.05, 4.69) is 20.7 Å². The third-order valence-corrected chi connectivity index (χ3v) is 3.30. The molecule has 0 atom stereocenters. The molecule has 0 fully saturated rings. The van der Waals surface area contributed by atoms with Crippen LogP contribution in [0.5, 0.6) is 5.75 Å². The van der Waals surface area contributed by atoms with Gasteiger partial charge >= 0.3 is 5.97 Å². The number of carbonyl (C=O) groups is 1. The summed E-state index contributed by atoms with van der Waals surface area (Å²) in [4.78, 5) is 11.3. The highest BCUT2D eigenvalue weighted by atomic mass is 79.9. The summed E-state index contributed by atoms with van der Waals surface area (Å²) in [5.41, 5.74) is 1.29. The van der Waals surface area contributed by atoms with Crippen molar-refractivity contribution in [3.8, 4) is 5.75 Å². The number of ether oxygens (including phenoxy) is 2. The number of hydrogen-bond acceptors (Lipinski definition) is 3. The SMILES string of the molecule is COC(=O)c1ccc(COc2cccc(Br)c2F)cc1. The minimum atomic E-state index is -0.432. The molecular weight excluding hydrogens is 327 g/mol. The molecule has 0 unspecified atom stereocenters. The highest BCUT2D eigenvalue weighted by Gasteiger charge is 2.08. The Morgan fingerprint density at radius 3 is 2.55 bits per heavy atom.